The van der Waals surface area contributed by atoms with Gasteiger partial charge >= 0.3 is 12.1 Å². The minimum absolute atomic E-state index is 0. The standard InChI is InChI=1S/C10H10F5NO2.ClH/c1-18-7-4-5(2-3-6(7)17)8(16)9(11,12)10(13,14)15;/h2-4,8,17H,16H2,1H3;1H/t8-;/m0./s1. The molecule has 1 aromatic rings. The molecule has 0 aromatic heterocycles. The van der Waals surface area contributed by atoms with Crippen molar-refractivity contribution in [2.75, 3.05) is 7.11 Å². The van der Waals surface area contributed by atoms with Crippen molar-refractivity contribution in [2.45, 2.75) is 18.1 Å². The first kappa shape index (κ1) is 17.7. The van der Waals surface area contributed by atoms with E-state index in [1.807, 2.05) is 0 Å². The van der Waals surface area contributed by atoms with E-state index in [4.69, 9.17) is 5.73 Å². The number of phenolic OH excluding ortho intramolecular Hbond substituents is 1. The van der Waals surface area contributed by atoms with Crippen molar-refractivity contribution in [3.8, 4) is 11.5 Å². The Morgan fingerprint density at radius 3 is 2.16 bits per heavy atom. The summed E-state index contributed by atoms with van der Waals surface area (Å²) in [6.45, 7) is 0. The molecule has 0 unspecified atom stereocenters. The van der Waals surface area contributed by atoms with E-state index in [1.165, 1.54) is 0 Å². The summed E-state index contributed by atoms with van der Waals surface area (Å²) in [5.41, 5.74) is 4.43. The summed E-state index contributed by atoms with van der Waals surface area (Å²) in [6.07, 6.45) is -5.75. The number of hydrogen-bond donors (Lipinski definition) is 2. The van der Waals surface area contributed by atoms with Crippen molar-refractivity contribution in [1.82, 2.24) is 0 Å². The molecule has 0 saturated heterocycles. The van der Waals surface area contributed by atoms with Crippen molar-refractivity contribution < 1.29 is 31.8 Å². The van der Waals surface area contributed by atoms with Crippen LogP contribution in [0, 0.1) is 0 Å². The predicted molar refractivity (Wildman–Crippen MR) is 59.8 cm³/mol. The lowest BCUT2D eigenvalue weighted by Crippen LogP contribution is -2.45. The van der Waals surface area contributed by atoms with Gasteiger partial charge in [-0.1, -0.05) is 6.07 Å². The fourth-order valence-electron chi connectivity index (χ4n) is 1.27. The third-order valence-corrected chi connectivity index (χ3v) is 2.33. The topological polar surface area (TPSA) is 55.5 Å². The average Bonchev–Trinajstić information content (AvgIpc) is 2.27. The summed E-state index contributed by atoms with van der Waals surface area (Å²) in [6, 6.07) is 0.0643. The number of halogens is 6. The van der Waals surface area contributed by atoms with Crippen LogP contribution in [-0.2, 0) is 0 Å². The summed E-state index contributed by atoms with van der Waals surface area (Å²) >= 11 is 0. The van der Waals surface area contributed by atoms with Gasteiger partial charge in [0.2, 0.25) is 0 Å². The lowest BCUT2D eigenvalue weighted by Gasteiger charge is -2.26. The largest absolute Gasteiger partial charge is 0.504 e. The fourth-order valence-corrected chi connectivity index (χ4v) is 1.27. The smallest absolute Gasteiger partial charge is 0.455 e. The van der Waals surface area contributed by atoms with Gasteiger partial charge in [0.1, 0.15) is 6.04 Å². The highest BCUT2D eigenvalue weighted by Crippen LogP contribution is 2.44. The molecule has 19 heavy (non-hydrogen) atoms. The SMILES string of the molecule is COc1cc([C@H](N)C(F)(F)C(F)(F)F)ccc1O.Cl. The molecule has 1 rings (SSSR count). The van der Waals surface area contributed by atoms with Gasteiger partial charge in [0.25, 0.3) is 0 Å². The molecule has 3 N–H and O–H groups in total. The van der Waals surface area contributed by atoms with E-state index < -0.39 is 23.7 Å². The quantitative estimate of drug-likeness (QED) is 0.844. The zero-order chi connectivity index (χ0) is 14.1. The summed E-state index contributed by atoms with van der Waals surface area (Å²) in [4.78, 5) is 0. The number of hydrogen-bond acceptors (Lipinski definition) is 3. The predicted octanol–water partition coefficient (Wildman–Crippen LogP) is 3.02. The first-order chi connectivity index (χ1) is 8.11. The van der Waals surface area contributed by atoms with E-state index in [9.17, 15) is 27.1 Å². The minimum atomic E-state index is -5.75. The Hall–Kier alpha value is -1.28. The molecule has 3 nitrogen and oxygen atoms in total. The lowest BCUT2D eigenvalue weighted by molar-refractivity contribution is -0.291. The second-order valence-corrected chi connectivity index (χ2v) is 3.53. The van der Waals surface area contributed by atoms with Gasteiger partial charge in [0, 0.05) is 0 Å². The highest BCUT2D eigenvalue weighted by molar-refractivity contribution is 5.85. The summed E-state index contributed by atoms with van der Waals surface area (Å²) in [7, 11) is 1.13. The van der Waals surface area contributed by atoms with Crippen molar-refractivity contribution >= 4 is 12.4 Å². The molecule has 0 heterocycles. The van der Waals surface area contributed by atoms with E-state index in [-0.39, 0.29) is 23.9 Å². The average molecular weight is 308 g/mol. The van der Waals surface area contributed by atoms with E-state index in [0.717, 1.165) is 25.3 Å². The van der Waals surface area contributed by atoms with Crippen LogP contribution >= 0.6 is 12.4 Å². The monoisotopic (exact) mass is 307 g/mol. The first-order valence-corrected chi connectivity index (χ1v) is 4.68. The summed E-state index contributed by atoms with van der Waals surface area (Å²) in [5.74, 6) is -5.70. The number of phenols is 1. The molecule has 0 amide bonds. The van der Waals surface area contributed by atoms with Crippen LogP contribution in [0.5, 0.6) is 11.5 Å². The maximum absolute atomic E-state index is 13.0. The van der Waals surface area contributed by atoms with E-state index in [1.54, 1.807) is 0 Å². The molecule has 0 bridgehead atoms. The highest BCUT2D eigenvalue weighted by atomic mass is 35.5. The third kappa shape index (κ3) is 3.38. The number of nitrogens with two attached hydrogens (primary N) is 1. The van der Waals surface area contributed by atoms with Gasteiger partial charge < -0.3 is 15.6 Å². The first-order valence-electron chi connectivity index (χ1n) is 4.68. The van der Waals surface area contributed by atoms with Gasteiger partial charge in [-0.25, -0.2) is 0 Å². The highest BCUT2D eigenvalue weighted by Gasteiger charge is 2.61. The second kappa shape index (κ2) is 5.79. The molecule has 0 fully saturated rings. The zero-order valence-corrected chi connectivity index (χ0v) is 10.4. The normalized spacial score (nSPS) is 13.6. The minimum Gasteiger partial charge on any atom is -0.504 e. The molecule has 9 heteroatoms. The maximum atomic E-state index is 13.0. The van der Waals surface area contributed by atoms with Gasteiger partial charge in [0.05, 0.1) is 7.11 Å². The molecule has 1 atom stereocenters. The molecule has 0 aliphatic rings. The molecule has 0 aliphatic carbocycles. The van der Waals surface area contributed by atoms with Crippen molar-refractivity contribution in [3.05, 3.63) is 23.8 Å². The van der Waals surface area contributed by atoms with Crippen LogP contribution in [0.4, 0.5) is 22.0 Å². The van der Waals surface area contributed by atoms with E-state index in [2.05, 4.69) is 4.74 Å². The Bertz CT molecular complexity index is 438. The van der Waals surface area contributed by atoms with Gasteiger partial charge in [-0.15, -0.1) is 12.4 Å². The van der Waals surface area contributed by atoms with Crippen LogP contribution in [0.3, 0.4) is 0 Å². The van der Waals surface area contributed by atoms with E-state index >= 15 is 0 Å². The van der Waals surface area contributed by atoms with Crippen molar-refractivity contribution in [2.24, 2.45) is 5.73 Å². The number of alkyl halides is 5. The van der Waals surface area contributed by atoms with Crippen LogP contribution in [-0.4, -0.2) is 24.3 Å². The zero-order valence-electron chi connectivity index (χ0n) is 9.54. The Balaban J connectivity index is 0.00000324. The Morgan fingerprint density at radius 2 is 1.74 bits per heavy atom. The number of aromatic hydroxyl groups is 1. The summed E-state index contributed by atoms with van der Waals surface area (Å²) < 4.78 is 66.9. The summed E-state index contributed by atoms with van der Waals surface area (Å²) in [5, 5.41) is 9.20. The Morgan fingerprint density at radius 1 is 1.21 bits per heavy atom. The lowest BCUT2D eigenvalue weighted by atomic mass is 10.0. The number of rotatable bonds is 3. The Labute approximate surface area is 111 Å². The maximum Gasteiger partial charge on any atom is 0.455 e. The number of ether oxygens (including phenoxy) is 1. The Kier molecular flexibility index (Phi) is 5.40. The van der Waals surface area contributed by atoms with Crippen LogP contribution in [0.1, 0.15) is 11.6 Å². The van der Waals surface area contributed by atoms with Crippen LogP contribution in [0.25, 0.3) is 0 Å². The van der Waals surface area contributed by atoms with Gasteiger partial charge in [-0.05, 0) is 17.7 Å². The second-order valence-electron chi connectivity index (χ2n) is 3.53. The molecular formula is C10H11ClF5NO2. The molecule has 110 valence electrons. The van der Waals surface area contributed by atoms with Gasteiger partial charge in [0.15, 0.2) is 11.5 Å². The fraction of sp³-hybridized carbons (Fsp3) is 0.400. The molecule has 0 spiro atoms. The third-order valence-electron chi connectivity index (χ3n) is 2.33. The molecule has 1 aromatic carbocycles. The number of methoxy groups -OCH3 is 1. The van der Waals surface area contributed by atoms with Gasteiger partial charge in [-0.3, -0.25) is 0 Å². The molecule has 0 aliphatic heterocycles. The van der Waals surface area contributed by atoms with Crippen LogP contribution in [0.2, 0.25) is 0 Å². The molecular weight excluding hydrogens is 297 g/mol. The molecule has 0 saturated carbocycles. The van der Waals surface area contributed by atoms with Crippen molar-refractivity contribution in [3.63, 3.8) is 0 Å². The number of benzene rings is 1. The van der Waals surface area contributed by atoms with Crippen LogP contribution < -0.4 is 10.5 Å². The molecule has 0 radical (unpaired) electrons. The van der Waals surface area contributed by atoms with Gasteiger partial charge in [-0.2, -0.15) is 22.0 Å². The van der Waals surface area contributed by atoms with E-state index in [0.29, 0.717) is 0 Å². The van der Waals surface area contributed by atoms with Crippen molar-refractivity contribution in [1.29, 1.82) is 0 Å². The van der Waals surface area contributed by atoms with Crippen LogP contribution in [0.15, 0.2) is 18.2 Å².